The molecule has 7 heteroatoms. The second-order valence-corrected chi connectivity index (χ2v) is 5.46. The van der Waals surface area contributed by atoms with Crippen LogP contribution in [0.1, 0.15) is 22.8 Å². The molecule has 3 rings (SSSR count). The lowest BCUT2D eigenvalue weighted by molar-refractivity contribution is 0.0958. The number of tetrazole rings is 1. The summed E-state index contributed by atoms with van der Waals surface area (Å²) in [6.07, 6.45) is 0.949. The van der Waals surface area contributed by atoms with Crippen LogP contribution in [0.25, 0.3) is 11.4 Å². The number of halogens is 1. The van der Waals surface area contributed by atoms with Crippen LogP contribution >= 0.6 is 0 Å². The number of carbonyl (C=O) groups is 1. The van der Waals surface area contributed by atoms with Crippen molar-refractivity contribution in [2.24, 2.45) is 0 Å². The van der Waals surface area contributed by atoms with Crippen LogP contribution in [0.5, 0.6) is 5.75 Å². The number of methoxy groups -OCH3 is 1. The van der Waals surface area contributed by atoms with Crippen molar-refractivity contribution in [2.75, 3.05) is 7.11 Å². The second kappa shape index (κ2) is 7.21. The summed E-state index contributed by atoms with van der Waals surface area (Å²) in [4.78, 5) is 13.6. The minimum Gasteiger partial charge on any atom is -0.496 e. The number of carbonyl (C=O) groups excluding carboxylic acids is 1. The van der Waals surface area contributed by atoms with Gasteiger partial charge in [-0.1, -0.05) is 31.2 Å². The molecule has 6 nitrogen and oxygen atoms in total. The lowest BCUT2D eigenvalue weighted by Gasteiger charge is -2.06. The van der Waals surface area contributed by atoms with E-state index in [1.54, 1.807) is 0 Å². The molecule has 1 aromatic heterocycles. The van der Waals surface area contributed by atoms with E-state index in [0.717, 1.165) is 18.1 Å². The third kappa shape index (κ3) is 3.71. The van der Waals surface area contributed by atoms with Crippen LogP contribution in [0.2, 0.25) is 0 Å². The number of Topliss-reactive ketones (excluding diaryl/α,β-unsaturated/α-hetero) is 1. The van der Waals surface area contributed by atoms with Gasteiger partial charge in [-0.15, -0.1) is 10.2 Å². The zero-order valence-corrected chi connectivity index (χ0v) is 13.9. The van der Waals surface area contributed by atoms with Gasteiger partial charge in [-0.05, 0) is 35.4 Å². The van der Waals surface area contributed by atoms with E-state index >= 15 is 0 Å². The zero-order chi connectivity index (χ0) is 17.8. The van der Waals surface area contributed by atoms with Crippen LogP contribution in [0.4, 0.5) is 4.39 Å². The molecule has 0 unspecified atom stereocenters. The molecule has 0 spiro atoms. The fraction of sp³-hybridized carbons (Fsp3) is 0.222. The number of aryl methyl sites for hydroxylation is 1. The Balaban J connectivity index is 1.79. The molecule has 25 heavy (non-hydrogen) atoms. The summed E-state index contributed by atoms with van der Waals surface area (Å²) in [5, 5.41) is 12.1. The summed E-state index contributed by atoms with van der Waals surface area (Å²) in [6, 6.07) is 11.6. The highest BCUT2D eigenvalue weighted by atomic mass is 19.1. The molecule has 0 aliphatic heterocycles. The third-order valence-corrected chi connectivity index (χ3v) is 3.82. The van der Waals surface area contributed by atoms with Crippen molar-refractivity contribution >= 4 is 5.78 Å². The van der Waals surface area contributed by atoms with E-state index in [2.05, 4.69) is 22.3 Å². The molecular formula is C18H17FN4O2. The summed E-state index contributed by atoms with van der Waals surface area (Å²) in [7, 11) is 1.43. The predicted octanol–water partition coefficient (Wildman–Crippen LogP) is 2.93. The molecule has 128 valence electrons. The van der Waals surface area contributed by atoms with Crippen molar-refractivity contribution in [3.05, 3.63) is 59.4 Å². The van der Waals surface area contributed by atoms with Gasteiger partial charge < -0.3 is 4.74 Å². The number of benzene rings is 2. The summed E-state index contributed by atoms with van der Waals surface area (Å²) in [5.74, 6) is -0.127. The molecule has 2 aromatic carbocycles. The van der Waals surface area contributed by atoms with Crippen molar-refractivity contribution in [2.45, 2.75) is 19.9 Å². The monoisotopic (exact) mass is 340 g/mol. The number of hydrogen-bond donors (Lipinski definition) is 0. The van der Waals surface area contributed by atoms with Crippen molar-refractivity contribution in [1.82, 2.24) is 20.2 Å². The molecule has 0 bridgehead atoms. The van der Waals surface area contributed by atoms with Gasteiger partial charge in [0.15, 0.2) is 5.78 Å². The fourth-order valence-electron chi connectivity index (χ4n) is 2.43. The first kappa shape index (κ1) is 16.8. The summed E-state index contributed by atoms with van der Waals surface area (Å²) in [5.41, 5.74) is 2.18. The molecule has 0 N–H and O–H groups in total. The van der Waals surface area contributed by atoms with Gasteiger partial charge in [0.2, 0.25) is 5.82 Å². The number of ketones is 1. The molecule has 0 aliphatic carbocycles. The molecule has 3 aromatic rings. The molecule has 0 saturated heterocycles. The average molecular weight is 340 g/mol. The number of ether oxygens (including phenoxy) is 1. The highest BCUT2D eigenvalue weighted by Crippen LogP contribution is 2.20. The number of nitrogens with zero attached hydrogens (tertiary/aromatic N) is 4. The van der Waals surface area contributed by atoms with E-state index in [0.29, 0.717) is 11.6 Å². The van der Waals surface area contributed by atoms with E-state index in [-0.39, 0.29) is 17.9 Å². The molecule has 0 aliphatic rings. The summed E-state index contributed by atoms with van der Waals surface area (Å²) in [6.45, 7) is 1.93. The minimum absolute atomic E-state index is 0.147. The first-order valence-electron chi connectivity index (χ1n) is 7.84. The minimum atomic E-state index is -0.507. The smallest absolute Gasteiger partial charge is 0.204 e. The first-order chi connectivity index (χ1) is 12.1. The van der Waals surface area contributed by atoms with Gasteiger partial charge in [0.05, 0.1) is 12.7 Å². The Morgan fingerprint density at radius 2 is 1.96 bits per heavy atom. The van der Waals surface area contributed by atoms with E-state index in [1.807, 2.05) is 24.3 Å². The van der Waals surface area contributed by atoms with Gasteiger partial charge in [0, 0.05) is 5.56 Å². The largest absolute Gasteiger partial charge is 0.496 e. The second-order valence-electron chi connectivity index (χ2n) is 5.46. The molecule has 1 heterocycles. The fourth-order valence-corrected chi connectivity index (χ4v) is 2.43. The maximum atomic E-state index is 13.4. The summed E-state index contributed by atoms with van der Waals surface area (Å²) >= 11 is 0. The Morgan fingerprint density at radius 3 is 2.64 bits per heavy atom. The highest BCUT2D eigenvalue weighted by molar-refractivity contribution is 5.98. The standard InChI is InChI=1S/C18H17FN4O2/c1-3-12-4-6-13(7-5-12)18-20-22-23(21-18)11-16(24)15-10-14(19)8-9-17(15)25-2/h4-10H,3,11H2,1-2H3. The Hall–Kier alpha value is -3.09. The van der Waals surface area contributed by atoms with Crippen molar-refractivity contribution < 1.29 is 13.9 Å². The molecule has 0 fully saturated rings. The lowest BCUT2D eigenvalue weighted by atomic mass is 10.1. The maximum absolute atomic E-state index is 13.4. The predicted molar refractivity (Wildman–Crippen MR) is 89.9 cm³/mol. The summed E-state index contributed by atoms with van der Waals surface area (Å²) < 4.78 is 18.5. The van der Waals surface area contributed by atoms with Gasteiger partial charge >= 0.3 is 0 Å². The first-order valence-corrected chi connectivity index (χ1v) is 7.84. The van der Waals surface area contributed by atoms with Crippen LogP contribution in [-0.2, 0) is 13.0 Å². The third-order valence-electron chi connectivity index (χ3n) is 3.82. The Bertz CT molecular complexity index is 890. The molecule has 0 amide bonds. The van der Waals surface area contributed by atoms with E-state index < -0.39 is 5.82 Å². The van der Waals surface area contributed by atoms with Crippen molar-refractivity contribution in [3.63, 3.8) is 0 Å². The van der Waals surface area contributed by atoms with Crippen LogP contribution in [0.3, 0.4) is 0 Å². The van der Waals surface area contributed by atoms with E-state index in [4.69, 9.17) is 4.74 Å². The van der Waals surface area contributed by atoms with E-state index in [9.17, 15) is 9.18 Å². The number of hydrogen-bond acceptors (Lipinski definition) is 5. The van der Waals surface area contributed by atoms with E-state index in [1.165, 1.54) is 29.6 Å². The Labute approximate surface area is 144 Å². The number of aromatic nitrogens is 4. The quantitative estimate of drug-likeness (QED) is 0.645. The molecule has 0 atom stereocenters. The normalized spacial score (nSPS) is 10.7. The highest BCUT2D eigenvalue weighted by Gasteiger charge is 2.16. The van der Waals surface area contributed by atoms with Gasteiger partial charge in [-0.3, -0.25) is 4.79 Å². The zero-order valence-electron chi connectivity index (χ0n) is 13.9. The van der Waals surface area contributed by atoms with Gasteiger partial charge in [0.25, 0.3) is 0 Å². The maximum Gasteiger partial charge on any atom is 0.204 e. The van der Waals surface area contributed by atoms with Gasteiger partial charge in [-0.25, -0.2) is 4.39 Å². The molecule has 0 saturated carbocycles. The average Bonchev–Trinajstić information content (AvgIpc) is 3.10. The van der Waals surface area contributed by atoms with Crippen LogP contribution in [0, 0.1) is 5.82 Å². The van der Waals surface area contributed by atoms with Crippen molar-refractivity contribution in [1.29, 1.82) is 0 Å². The van der Waals surface area contributed by atoms with Gasteiger partial charge in [0.1, 0.15) is 18.1 Å². The lowest BCUT2D eigenvalue weighted by Crippen LogP contribution is -2.14. The topological polar surface area (TPSA) is 69.9 Å². The van der Waals surface area contributed by atoms with Crippen molar-refractivity contribution in [3.8, 4) is 17.1 Å². The number of rotatable bonds is 6. The Morgan fingerprint density at radius 1 is 1.20 bits per heavy atom. The SMILES string of the molecule is CCc1ccc(-c2nnn(CC(=O)c3cc(F)ccc3OC)n2)cc1. The van der Waals surface area contributed by atoms with Crippen LogP contribution in [-0.4, -0.2) is 33.1 Å². The molecule has 0 radical (unpaired) electrons. The van der Waals surface area contributed by atoms with Crippen LogP contribution in [0.15, 0.2) is 42.5 Å². The van der Waals surface area contributed by atoms with Crippen LogP contribution < -0.4 is 4.74 Å². The molecular weight excluding hydrogens is 323 g/mol. The van der Waals surface area contributed by atoms with Gasteiger partial charge in [-0.2, -0.15) is 4.80 Å². The Kier molecular flexibility index (Phi) is 4.83.